The van der Waals surface area contributed by atoms with Crippen molar-refractivity contribution in [3.8, 4) is 0 Å². The molecule has 1 fully saturated rings. The number of amides is 1. The molecule has 1 heterocycles. The van der Waals surface area contributed by atoms with Gasteiger partial charge in [0.2, 0.25) is 15.9 Å². The number of hydrogen-bond acceptors (Lipinski definition) is 3. The molecule has 0 saturated carbocycles. The van der Waals surface area contributed by atoms with Crippen LogP contribution in [-0.2, 0) is 21.0 Å². The molecule has 1 aliphatic heterocycles. The first-order valence-corrected chi connectivity index (χ1v) is 11.3. The molecule has 5 nitrogen and oxygen atoms in total. The molecule has 29 heavy (non-hydrogen) atoms. The summed E-state index contributed by atoms with van der Waals surface area (Å²) in [6.45, 7) is 6.41. The summed E-state index contributed by atoms with van der Waals surface area (Å²) in [5.41, 5.74) is -0.997. The van der Waals surface area contributed by atoms with Gasteiger partial charge >= 0.3 is 6.18 Å². The normalized spacial score (nSPS) is 18.0. The van der Waals surface area contributed by atoms with Crippen LogP contribution in [0.4, 0.5) is 13.2 Å². The quantitative estimate of drug-likeness (QED) is 0.704. The van der Waals surface area contributed by atoms with Gasteiger partial charge in [0.05, 0.1) is 10.5 Å². The summed E-state index contributed by atoms with van der Waals surface area (Å²) in [6.07, 6.45) is -2.02. The topological polar surface area (TPSA) is 66.5 Å². The SMILES string of the molecule is CC(C)CCC(C)NC(=O)C1CCN(S(=O)(=O)c2cccc(C(F)(F)F)c2)CC1. The molecule has 1 aromatic carbocycles. The van der Waals surface area contributed by atoms with Crippen molar-refractivity contribution in [3.63, 3.8) is 0 Å². The Labute approximate surface area is 170 Å². The Kier molecular flexibility index (Phi) is 7.73. The maximum Gasteiger partial charge on any atom is 0.416 e. The first kappa shape index (κ1) is 23.7. The molecular weight excluding hydrogens is 405 g/mol. The van der Waals surface area contributed by atoms with E-state index in [4.69, 9.17) is 0 Å². The van der Waals surface area contributed by atoms with E-state index in [0.29, 0.717) is 24.8 Å². The zero-order chi connectivity index (χ0) is 21.8. The molecule has 9 heteroatoms. The van der Waals surface area contributed by atoms with Crippen LogP contribution >= 0.6 is 0 Å². The number of hydrogen-bond donors (Lipinski definition) is 1. The van der Waals surface area contributed by atoms with Gasteiger partial charge in [-0.15, -0.1) is 0 Å². The molecule has 1 N–H and O–H groups in total. The number of piperidine rings is 1. The van der Waals surface area contributed by atoms with Crippen LogP contribution < -0.4 is 5.32 Å². The molecule has 0 spiro atoms. The van der Waals surface area contributed by atoms with Crippen LogP contribution in [0.15, 0.2) is 29.2 Å². The molecule has 164 valence electrons. The fraction of sp³-hybridized carbons (Fsp3) is 0.650. The molecule has 0 aromatic heterocycles. The first-order valence-electron chi connectivity index (χ1n) is 9.89. The van der Waals surface area contributed by atoms with Crippen LogP contribution in [0.1, 0.15) is 52.0 Å². The number of rotatable bonds is 7. The fourth-order valence-electron chi connectivity index (χ4n) is 3.36. The second-order valence-electron chi connectivity index (χ2n) is 8.08. The van der Waals surface area contributed by atoms with Gasteiger partial charge in [0, 0.05) is 25.0 Å². The molecule has 1 amide bonds. The Morgan fingerprint density at radius 3 is 2.34 bits per heavy atom. The number of nitrogens with one attached hydrogen (secondary N) is 1. The Bertz CT molecular complexity index is 801. The van der Waals surface area contributed by atoms with E-state index in [1.807, 2.05) is 6.92 Å². The van der Waals surface area contributed by atoms with E-state index < -0.39 is 21.8 Å². The molecular formula is C20H29F3N2O3S. The highest BCUT2D eigenvalue weighted by Crippen LogP contribution is 2.32. The lowest BCUT2D eigenvalue weighted by atomic mass is 9.96. The Morgan fingerprint density at radius 2 is 1.79 bits per heavy atom. The van der Waals surface area contributed by atoms with E-state index in [9.17, 15) is 26.4 Å². The lowest BCUT2D eigenvalue weighted by Gasteiger charge is -2.31. The second kappa shape index (κ2) is 9.47. The van der Waals surface area contributed by atoms with Gasteiger partial charge in [-0.2, -0.15) is 17.5 Å². The van der Waals surface area contributed by atoms with E-state index in [2.05, 4.69) is 19.2 Å². The summed E-state index contributed by atoms with van der Waals surface area (Å²) in [6, 6.07) is 3.81. The molecule has 2 rings (SSSR count). The minimum atomic E-state index is -4.61. The minimum Gasteiger partial charge on any atom is -0.353 e. The number of alkyl halides is 3. The zero-order valence-electron chi connectivity index (χ0n) is 17.0. The van der Waals surface area contributed by atoms with Crippen molar-refractivity contribution in [2.45, 2.75) is 63.6 Å². The van der Waals surface area contributed by atoms with Crippen LogP contribution in [0.3, 0.4) is 0 Å². The van der Waals surface area contributed by atoms with Crippen LogP contribution in [0.5, 0.6) is 0 Å². The van der Waals surface area contributed by atoms with Gasteiger partial charge in [-0.1, -0.05) is 19.9 Å². The standard InChI is InChI=1S/C20H29F3N2O3S/c1-14(2)7-8-15(3)24-19(26)16-9-11-25(12-10-16)29(27,28)18-6-4-5-17(13-18)20(21,22)23/h4-6,13-16H,7-12H2,1-3H3,(H,24,26). The van der Waals surface area contributed by atoms with E-state index >= 15 is 0 Å². The van der Waals surface area contributed by atoms with Gasteiger partial charge in [-0.05, 0) is 56.7 Å². The molecule has 1 aromatic rings. The van der Waals surface area contributed by atoms with Gasteiger partial charge in [0.15, 0.2) is 0 Å². The molecule has 1 atom stereocenters. The summed E-state index contributed by atoms with van der Waals surface area (Å²) >= 11 is 0. The number of carbonyl (C=O) groups is 1. The van der Waals surface area contributed by atoms with Crippen LogP contribution in [0, 0.1) is 11.8 Å². The van der Waals surface area contributed by atoms with Crippen molar-refractivity contribution in [2.75, 3.05) is 13.1 Å². The summed E-state index contributed by atoms with van der Waals surface area (Å²) in [7, 11) is -4.03. The maximum atomic E-state index is 12.9. The van der Waals surface area contributed by atoms with Crippen LogP contribution in [0.25, 0.3) is 0 Å². The van der Waals surface area contributed by atoms with Gasteiger partial charge < -0.3 is 5.32 Å². The van der Waals surface area contributed by atoms with Crippen molar-refractivity contribution in [3.05, 3.63) is 29.8 Å². The van der Waals surface area contributed by atoms with Crippen molar-refractivity contribution in [1.82, 2.24) is 9.62 Å². The van der Waals surface area contributed by atoms with E-state index in [-0.39, 0.29) is 35.9 Å². The van der Waals surface area contributed by atoms with E-state index in [1.165, 1.54) is 6.07 Å². The highest BCUT2D eigenvalue weighted by Gasteiger charge is 2.35. The molecule has 1 unspecified atom stereocenters. The van der Waals surface area contributed by atoms with Gasteiger partial charge in [0.25, 0.3) is 0 Å². The third kappa shape index (κ3) is 6.44. The monoisotopic (exact) mass is 434 g/mol. The third-order valence-corrected chi connectivity index (χ3v) is 7.08. The average Bonchev–Trinajstić information content (AvgIpc) is 2.66. The Balaban J connectivity index is 1.97. The number of sulfonamides is 1. The fourth-order valence-corrected chi connectivity index (χ4v) is 4.87. The molecule has 0 radical (unpaired) electrons. The molecule has 0 aliphatic carbocycles. The van der Waals surface area contributed by atoms with Crippen molar-refractivity contribution in [2.24, 2.45) is 11.8 Å². The maximum absolute atomic E-state index is 12.9. The van der Waals surface area contributed by atoms with E-state index in [1.54, 1.807) is 0 Å². The van der Waals surface area contributed by atoms with Gasteiger partial charge in [-0.3, -0.25) is 4.79 Å². The Morgan fingerprint density at radius 1 is 1.17 bits per heavy atom. The lowest BCUT2D eigenvalue weighted by Crippen LogP contribution is -2.44. The average molecular weight is 435 g/mol. The molecule has 1 aliphatic rings. The predicted molar refractivity (Wildman–Crippen MR) is 105 cm³/mol. The summed E-state index contributed by atoms with van der Waals surface area (Å²) < 4.78 is 65.3. The number of nitrogens with zero attached hydrogens (tertiary/aromatic N) is 1. The van der Waals surface area contributed by atoms with Crippen molar-refractivity contribution < 1.29 is 26.4 Å². The van der Waals surface area contributed by atoms with E-state index in [0.717, 1.165) is 29.3 Å². The number of carbonyl (C=O) groups excluding carboxylic acids is 1. The second-order valence-corrected chi connectivity index (χ2v) is 10.0. The molecule has 1 saturated heterocycles. The summed E-state index contributed by atoms with van der Waals surface area (Å²) in [5.74, 6) is 0.181. The van der Waals surface area contributed by atoms with Crippen LogP contribution in [-0.4, -0.2) is 37.8 Å². The number of halogens is 3. The number of benzene rings is 1. The van der Waals surface area contributed by atoms with Crippen LogP contribution in [0.2, 0.25) is 0 Å². The summed E-state index contributed by atoms with van der Waals surface area (Å²) in [5, 5.41) is 2.98. The highest BCUT2D eigenvalue weighted by atomic mass is 32.2. The smallest absolute Gasteiger partial charge is 0.353 e. The Hall–Kier alpha value is -1.61. The van der Waals surface area contributed by atoms with Crippen molar-refractivity contribution in [1.29, 1.82) is 0 Å². The minimum absolute atomic E-state index is 0.0526. The highest BCUT2D eigenvalue weighted by molar-refractivity contribution is 7.89. The summed E-state index contributed by atoms with van der Waals surface area (Å²) in [4.78, 5) is 12.1. The van der Waals surface area contributed by atoms with Crippen molar-refractivity contribution >= 4 is 15.9 Å². The third-order valence-electron chi connectivity index (χ3n) is 5.19. The van der Waals surface area contributed by atoms with Gasteiger partial charge in [-0.25, -0.2) is 8.42 Å². The van der Waals surface area contributed by atoms with Gasteiger partial charge in [0.1, 0.15) is 0 Å². The lowest BCUT2D eigenvalue weighted by molar-refractivity contribution is -0.137. The zero-order valence-corrected chi connectivity index (χ0v) is 17.8. The largest absolute Gasteiger partial charge is 0.416 e. The predicted octanol–water partition coefficient (Wildman–Crippen LogP) is 4.05. The molecule has 0 bridgehead atoms. The first-order chi connectivity index (χ1) is 13.4.